The molecule has 5 nitrogen and oxygen atoms in total. The second-order valence-corrected chi connectivity index (χ2v) is 6.43. The summed E-state index contributed by atoms with van der Waals surface area (Å²) < 4.78 is 19.2. The number of rotatable bonds is 5. The molecule has 0 radical (unpaired) electrons. The third-order valence-electron chi connectivity index (χ3n) is 4.49. The average Bonchev–Trinajstić information content (AvgIpc) is 3.12. The van der Waals surface area contributed by atoms with Crippen LogP contribution in [0, 0.1) is 5.82 Å². The maximum absolute atomic E-state index is 13.7. The zero-order valence-electron chi connectivity index (χ0n) is 14.4. The van der Waals surface area contributed by atoms with Crippen molar-refractivity contribution in [3.05, 3.63) is 60.3 Å². The van der Waals surface area contributed by atoms with Crippen LogP contribution in [0.2, 0.25) is 0 Å². The van der Waals surface area contributed by atoms with Gasteiger partial charge in [-0.05, 0) is 37.1 Å². The fourth-order valence-electron chi connectivity index (χ4n) is 3.19. The van der Waals surface area contributed by atoms with Crippen molar-refractivity contribution in [2.75, 3.05) is 13.2 Å². The van der Waals surface area contributed by atoms with Crippen LogP contribution in [0.4, 0.5) is 4.39 Å². The Bertz CT molecular complexity index is 859. The molecule has 1 saturated heterocycles. The van der Waals surface area contributed by atoms with Crippen LogP contribution in [-0.2, 0) is 11.3 Å². The molecular weight excluding hydrogens is 331 g/mol. The van der Waals surface area contributed by atoms with Crippen molar-refractivity contribution >= 4 is 0 Å². The van der Waals surface area contributed by atoms with E-state index < -0.39 is 0 Å². The highest BCUT2D eigenvalue weighted by Crippen LogP contribution is 2.29. The van der Waals surface area contributed by atoms with Crippen LogP contribution in [0.25, 0.3) is 22.6 Å². The van der Waals surface area contributed by atoms with E-state index in [9.17, 15) is 4.39 Å². The van der Waals surface area contributed by atoms with E-state index in [1.807, 2.05) is 24.3 Å². The highest BCUT2D eigenvalue weighted by atomic mass is 19.1. The number of hydrogen-bond donors (Lipinski definition) is 2. The van der Waals surface area contributed by atoms with Gasteiger partial charge in [-0.3, -0.25) is 4.98 Å². The first-order valence-electron chi connectivity index (χ1n) is 8.87. The van der Waals surface area contributed by atoms with Gasteiger partial charge in [-0.15, -0.1) is 0 Å². The molecule has 0 saturated carbocycles. The number of benzene rings is 1. The van der Waals surface area contributed by atoms with E-state index in [1.54, 1.807) is 12.3 Å². The van der Waals surface area contributed by atoms with Gasteiger partial charge in [0.25, 0.3) is 0 Å². The van der Waals surface area contributed by atoms with Gasteiger partial charge in [0.1, 0.15) is 11.6 Å². The van der Waals surface area contributed by atoms with E-state index in [4.69, 9.17) is 9.72 Å². The van der Waals surface area contributed by atoms with E-state index in [1.165, 1.54) is 12.1 Å². The van der Waals surface area contributed by atoms with Crippen LogP contribution >= 0.6 is 0 Å². The Balaban J connectivity index is 1.64. The van der Waals surface area contributed by atoms with Crippen molar-refractivity contribution in [2.24, 2.45) is 0 Å². The first kappa shape index (κ1) is 16.9. The third kappa shape index (κ3) is 3.81. The predicted octanol–water partition coefficient (Wildman–Crippen LogP) is 3.55. The molecule has 2 aromatic heterocycles. The Labute approximate surface area is 151 Å². The van der Waals surface area contributed by atoms with Gasteiger partial charge in [0, 0.05) is 24.4 Å². The summed E-state index contributed by atoms with van der Waals surface area (Å²) in [5.41, 5.74) is 3.02. The molecule has 1 aromatic carbocycles. The van der Waals surface area contributed by atoms with Gasteiger partial charge >= 0.3 is 0 Å². The van der Waals surface area contributed by atoms with Crippen molar-refractivity contribution in [1.82, 2.24) is 20.3 Å². The minimum absolute atomic E-state index is 0.281. The quantitative estimate of drug-likeness (QED) is 0.737. The summed E-state index contributed by atoms with van der Waals surface area (Å²) in [4.78, 5) is 12.5. The van der Waals surface area contributed by atoms with Crippen molar-refractivity contribution in [1.29, 1.82) is 0 Å². The first-order valence-corrected chi connectivity index (χ1v) is 8.87. The predicted molar refractivity (Wildman–Crippen MR) is 97.9 cm³/mol. The highest BCUT2D eigenvalue weighted by molar-refractivity contribution is 5.76. The van der Waals surface area contributed by atoms with Crippen LogP contribution in [0.1, 0.15) is 18.7 Å². The molecule has 6 heteroatoms. The zero-order valence-corrected chi connectivity index (χ0v) is 14.4. The number of aromatic amines is 1. The lowest BCUT2D eigenvalue weighted by Gasteiger charge is -2.22. The summed E-state index contributed by atoms with van der Waals surface area (Å²) in [5, 5.41) is 3.48. The van der Waals surface area contributed by atoms with E-state index in [2.05, 4.69) is 15.3 Å². The number of ether oxygens (including phenoxy) is 1. The fraction of sp³-hybridized carbons (Fsp3) is 0.300. The van der Waals surface area contributed by atoms with Crippen molar-refractivity contribution in [2.45, 2.75) is 25.4 Å². The van der Waals surface area contributed by atoms with Gasteiger partial charge in [0.2, 0.25) is 0 Å². The maximum atomic E-state index is 13.7. The minimum atomic E-state index is -0.281. The lowest BCUT2D eigenvalue weighted by atomic mass is 10.1. The number of pyridine rings is 1. The Morgan fingerprint density at radius 2 is 2.19 bits per heavy atom. The smallest absolute Gasteiger partial charge is 0.123 e. The first-order chi connectivity index (χ1) is 12.8. The number of halogens is 1. The molecule has 0 aliphatic carbocycles. The molecule has 26 heavy (non-hydrogen) atoms. The van der Waals surface area contributed by atoms with E-state index >= 15 is 0 Å². The van der Waals surface area contributed by atoms with Gasteiger partial charge in [-0.1, -0.05) is 18.2 Å². The monoisotopic (exact) mass is 352 g/mol. The molecule has 0 amide bonds. The molecule has 0 bridgehead atoms. The summed E-state index contributed by atoms with van der Waals surface area (Å²) >= 11 is 0. The van der Waals surface area contributed by atoms with Crippen LogP contribution in [0.5, 0.6) is 0 Å². The Morgan fingerprint density at radius 1 is 1.23 bits per heavy atom. The molecule has 1 atom stereocenters. The highest BCUT2D eigenvalue weighted by Gasteiger charge is 2.17. The lowest BCUT2D eigenvalue weighted by Crippen LogP contribution is -2.36. The average molecular weight is 352 g/mol. The van der Waals surface area contributed by atoms with Gasteiger partial charge < -0.3 is 15.0 Å². The zero-order chi connectivity index (χ0) is 17.8. The number of nitrogens with zero attached hydrogens (tertiary/aromatic N) is 2. The van der Waals surface area contributed by atoms with Gasteiger partial charge in [-0.25, -0.2) is 9.37 Å². The van der Waals surface area contributed by atoms with Crippen LogP contribution in [0.15, 0.2) is 48.7 Å². The summed E-state index contributed by atoms with van der Waals surface area (Å²) in [7, 11) is 0. The van der Waals surface area contributed by atoms with Crippen molar-refractivity contribution in [3.63, 3.8) is 0 Å². The molecule has 134 valence electrons. The number of imidazole rings is 1. The second-order valence-electron chi connectivity index (χ2n) is 6.43. The molecule has 1 fully saturated rings. The van der Waals surface area contributed by atoms with Gasteiger partial charge in [0.15, 0.2) is 0 Å². The summed E-state index contributed by atoms with van der Waals surface area (Å²) in [6, 6.07) is 12.5. The molecule has 4 rings (SSSR count). The summed E-state index contributed by atoms with van der Waals surface area (Å²) in [5.74, 6) is 0.520. The van der Waals surface area contributed by atoms with Crippen LogP contribution in [-0.4, -0.2) is 34.2 Å². The minimum Gasteiger partial charge on any atom is -0.380 e. The molecule has 3 heterocycles. The molecule has 1 unspecified atom stereocenters. The Hall–Kier alpha value is -2.57. The number of hydrogen-bond acceptors (Lipinski definition) is 4. The molecule has 1 aliphatic heterocycles. The molecule has 2 N–H and O–H groups in total. The van der Waals surface area contributed by atoms with E-state index in [0.29, 0.717) is 18.3 Å². The number of nitrogens with one attached hydrogen (secondary N) is 2. The molecule has 1 aliphatic rings. The largest absolute Gasteiger partial charge is 0.380 e. The van der Waals surface area contributed by atoms with Crippen molar-refractivity contribution < 1.29 is 9.13 Å². The maximum Gasteiger partial charge on any atom is 0.123 e. The van der Waals surface area contributed by atoms with Crippen LogP contribution in [0.3, 0.4) is 0 Å². The SMILES string of the molecule is Fc1cccc(-c2nc(CNC3CCCOC3)[nH]c2-c2ccccn2)c1. The molecule has 0 spiro atoms. The topological polar surface area (TPSA) is 62.8 Å². The Kier molecular flexibility index (Phi) is 5.04. The number of aromatic nitrogens is 3. The fourth-order valence-corrected chi connectivity index (χ4v) is 3.19. The lowest BCUT2D eigenvalue weighted by molar-refractivity contribution is 0.0697. The van der Waals surface area contributed by atoms with Gasteiger partial charge in [-0.2, -0.15) is 0 Å². The Morgan fingerprint density at radius 3 is 2.96 bits per heavy atom. The normalized spacial score (nSPS) is 17.3. The number of H-pyrrole nitrogens is 1. The summed E-state index contributed by atoms with van der Waals surface area (Å²) in [6.07, 6.45) is 3.91. The van der Waals surface area contributed by atoms with E-state index in [0.717, 1.165) is 48.8 Å². The molecular formula is C20H21FN4O. The molecule has 3 aromatic rings. The van der Waals surface area contributed by atoms with Gasteiger partial charge in [0.05, 0.1) is 30.2 Å². The van der Waals surface area contributed by atoms with Crippen LogP contribution < -0.4 is 5.32 Å². The standard InChI is InChI=1S/C20H21FN4O/c21-15-6-3-5-14(11-15)19-20(17-8-1-2-9-22-17)25-18(24-19)12-23-16-7-4-10-26-13-16/h1-3,5-6,8-9,11,16,23H,4,7,10,12-13H2,(H,24,25). The summed E-state index contributed by atoms with van der Waals surface area (Å²) in [6.45, 7) is 2.17. The van der Waals surface area contributed by atoms with Crippen molar-refractivity contribution in [3.8, 4) is 22.6 Å². The van der Waals surface area contributed by atoms with E-state index in [-0.39, 0.29) is 5.82 Å². The third-order valence-corrected chi connectivity index (χ3v) is 4.49. The second kappa shape index (κ2) is 7.76.